The molecule has 1 saturated heterocycles. The van der Waals surface area contributed by atoms with E-state index in [1.807, 2.05) is 0 Å². The number of carbonyl (C=O) groups excluding carboxylic acids is 3. The van der Waals surface area contributed by atoms with Crippen LogP contribution in [-0.2, 0) is 4.79 Å². The number of carbonyl (C=O) groups is 3. The molecule has 9 heteroatoms. The highest BCUT2D eigenvalue weighted by Crippen LogP contribution is 2.19. The normalized spacial score (nSPS) is 15.9. The first-order chi connectivity index (χ1) is 13.1. The van der Waals surface area contributed by atoms with Crippen molar-refractivity contribution in [3.05, 3.63) is 60.2 Å². The van der Waals surface area contributed by atoms with Crippen LogP contribution in [-0.4, -0.2) is 40.3 Å². The van der Waals surface area contributed by atoms with Gasteiger partial charge >= 0.3 is 6.03 Å². The van der Waals surface area contributed by atoms with Crippen LogP contribution < -0.4 is 16.2 Å². The summed E-state index contributed by atoms with van der Waals surface area (Å²) in [5.74, 6) is -1.81. The van der Waals surface area contributed by atoms with Crippen LogP contribution in [0.25, 0.3) is 0 Å². The minimum absolute atomic E-state index is 0.190. The van der Waals surface area contributed by atoms with E-state index in [1.165, 1.54) is 29.3 Å². The van der Waals surface area contributed by atoms with Crippen molar-refractivity contribution in [3.8, 4) is 0 Å². The van der Waals surface area contributed by atoms with Gasteiger partial charge in [0.2, 0.25) is 5.91 Å². The van der Waals surface area contributed by atoms with Crippen molar-refractivity contribution in [1.29, 1.82) is 0 Å². The minimum atomic E-state index is -0.781. The number of halogens is 1. The Kier molecular flexibility index (Phi) is 5.60. The van der Waals surface area contributed by atoms with E-state index in [0.717, 1.165) is 6.07 Å². The van der Waals surface area contributed by atoms with Crippen LogP contribution in [0.1, 0.15) is 23.2 Å². The molecule has 4 amide bonds. The van der Waals surface area contributed by atoms with Crippen LogP contribution >= 0.6 is 0 Å². The fraction of sp³-hybridized carbons (Fsp3) is 0.222. The summed E-state index contributed by atoms with van der Waals surface area (Å²) in [4.78, 5) is 42.0. The molecule has 3 N–H and O–H groups in total. The van der Waals surface area contributed by atoms with E-state index >= 15 is 0 Å². The Labute approximate surface area is 154 Å². The number of rotatable bonds is 3. The van der Waals surface area contributed by atoms with Crippen molar-refractivity contribution in [1.82, 2.24) is 20.7 Å². The largest absolute Gasteiger partial charge is 0.336 e. The van der Waals surface area contributed by atoms with E-state index < -0.39 is 23.8 Å². The molecule has 1 aromatic heterocycles. The van der Waals surface area contributed by atoms with Gasteiger partial charge in [-0.2, -0.15) is 0 Å². The second-order valence-corrected chi connectivity index (χ2v) is 5.95. The molecule has 1 atom stereocenters. The lowest BCUT2D eigenvalue weighted by Crippen LogP contribution is -2.52. The summed E-state index contributed by atoms with van der Waals surface area (Å²) in [7, 11) is 0. The van der Waals surface area contributed by atoms with Crippen LogP contribution in [0.15, 0.2) is 48.8 Å². The third-order valence-corrected chi connectivity index (χ3v) is 4.15. The third kappa shape index (κ3) is 4.38. The van der Waals surface area contributed by atoms with Gasteiger partial charge in [-0.1, -0.05) is 12.1 Å². The molecule has 0 spiro atoms. The number of nitrogens with zero attached hydrogens (tertiary/aromatic N) is 2. The maximum absolute atomic E-state index is 13.6. The number of nitrogens with one attached hydrogen (secondary N) is 3. The summed E-state index contributed by atoms with van der Waals surface area (Å²) in [6.45, 7) is 0.368. The molecule has 3 rings (SSSR count). The number of hydrazine groups is 1. The van der Waals surface area contributed by atoms with Gasteiger partial charge in [0.15, 0.2) is 0 Å². The zero-order chi connectivity index (χ0) is 19.2. The van der Waals surface area contributed by atoms with Gasteiger partial charge in [0.1, 0.15) is 11.9 Å². The molecule has 140 valence electrons. The first kappa shape index (κ1) is 18.3. The van der Waals surface area contributed by atoms with Gasteiger partial charge in [-0.05, 0) is 37.1 Å². The number of benzene rings is 1. The Balaban J connectivity index is 1.58. The van der Waals surface area contributed by atoms with Crippen molar-refractivity contribution in [2.45, 2.75) is 18.9 Å². The molecule has 2 aromatic rings. The average Bonchev–Trinajstić information content (AvgIpc) is 3.17. The Morgan fingerprint density at radius 2 is 1.93 bits per heavy atom. The molecule has 2 heterocycles. The van der Waals surface area contributed by atoms with Crippen molar-refractivity contribution in [2.24, 2.45) is 0 Å². The second kappa shape index (κ2) is 8.26. The van der Waals surface area contributed by atoms with Crippen molar-refractivity contribution in [2.75, 3.05) is 11.9 Å². The molecule has 1 aromatic carbocycles. The molecular weight excluding hydrogens is 353 g/mol. The Morgan fingerprint density at radius 3 is 2.67 bits per heavy atom. The SMILES string of the molecule is O=C(NNC(=O)N1CCC[C@@H]1C(=O)Nc1cccnc1)c1ccccc1F. The van der Waals surface area contributed by atoms with E-state index in [-0.39, 0.29) is 11.5 Å². The standard InChI is InChI=1S/C18H18FN5O3/c19-14-7-2-1-6-13(14)16(25)22-23-18(27)24-10-4-8-15(24)17(26)21-12-5-3-9-20-11-12/h1-3,5-7,9,11,15H,4,8,10H2,(H,21,26)(H,22,25)(H,23,27)/t15-/m1/s1. The lowest BCUT2D eigenvalue weighted by Gasteiger charge is -2.24. The highest BCUT2D eigenvalue weighted by atomic mass is 19.1. The van der Waals surface area contributed by atoms with E-state index in [1.54, 1.807) is 18.3 Å². The van der Waals surface area contributed by atoms with Gasteiger partial charge in [0, 0.05) is 12.7 Å². The number of likely N-dealkylation sites (tertiary alicyclic amines) is 1. The van der Waals surface area contributed by atoms with Gasteiger partial charge in [-0.3, -0.25) is 20.0 Å². The molecule has 1 aliphatic rings. The van der Waals surface area contributed by atoms with Crippen molar-refractivity contribution in [3.63, 3.8) is 0 Å². The summed E-state index contributed by atoms with van der Waals surface area (Å²) in [5, 5.41) is 2.71. The molecule has 8 nitrogen and oxygen atoms in total. The summed E-state index contributed by atoms with van der Waals surface area (Å²) in [5.41, 5.74) is 4.73. The van der Waals surface area contributed by atoms with Crippen molar-refractivity contribution < 1.29 is 18.8 Å². The summed E-state index contributed by atoms with van der Waals surface area (Å²) < 4.78 is 13.6. The predicted octanol–water partition coefficient (Wildman–Crippen LogP) is 1.68. The lowest BCUT2D eigenvalue weighted by molar-refractivity contribution is -0.119. The fourth-order valence-corrected chi connectivity index (χ4v) is 2.84. The third-order valence-electron chi connectivity index (χ3n) is 4.15. The molecule has 27 heavy (non-hydrogen) atoms. The number of hydrogen-bond donors (Lipinski definition) is 3. The van der Waals surface area contributed by atoms with Gasteiger partial charge in [-0.15, -0.1) is 0 Å². The monoisotopic (exact) mass is 371 g/mol. The van der Waals surface area contributed by atoms with Gasteiger partial charge in [-0.25, -0.2) is 14.6 Å². The Hall–Kier alpha value is -3.49. The van der Waals surface area contributed by atoms with E-state index in [0.29, 0.717) is 25.1 Å². The highest BCUT2D eigenvalue weighted by Gasteiger charge is 2.34. The maximum atomic E-state index is 13.6. The Morgan fingerprint density at radius 1 is 1.11 bits per heavy atom. The van der Waals surface area contributed by atoms with E-state index in [2.05, 4.69) is 21.2 Å². The molecule has 0 bridgehead atoms. The molecule has 1 aliphatic heterocycles. The van der Waals surface area contributed by atoms with Crippen LogP contribution in [0, 0.1) is 5.82 Å². The first-order valence-corrected chi connectivity index (χ1v) is 8.38. The first-order valence-electron chi connectivity index (χ1n) is 8.38. The summed E-state index contributed by atoms with van der Waals surface area (Å²) in [6.07, 6.45) is 4.25. The number of hydrogen-bond acceptors (Lipinski definition) is 4. The van der Waals surface area contributed by atoms with Crippen LogP contribution in [0.4, 0.5) is 14.9 Å². The van der Waals surface area contributed by atoms with E-state index in [9.17, 15) is 18.8 Å². The van der Waals surface area contributed by atoms with Crippen molar-refractivity contribution >= 4 is 23.5 Å². The molecule has 0 aliphatic carbocycles. The molecule has 0 unspecified atom stereocenters. The molecular formula is C18H18FN5O3. The van der Waals surface area contributed by atoms with Crippen LogP contribution in [0.5, 0.6) is 0 Å². The zero-order valence-corrected chi connectivity index (χ0v) is 14.3. The second-order valence-electron chi connectivity index (χ2n) is 5.95. The van der Waals surface area contributed by atoms with E-state index in [4.69, 9.17) is 0 Å². The highest BCUT2D eigenvalue weighted by molar-refractivity contribution is 5.98. The molecule has 1 fully saturated rings. The lowest BCUT2D eigenvalue weighted by atomic mass is 10.2. The maximum Gasteiger partial charge on any atom is 0.336 e. The number of aromatic nitrogens is 1. The summed E-state index contributed by atoms with van der Waals surface area (Å²) >= 11 is 0. The Bertz CT molecular complexity index is 846. The predicted molar refractivity (Wildman–Crippen MR) is 95.0 cm³/mol. The number of pyridine rings is 1. The van der Waals surface area contributed by atoms with Gasteiger partial charge in [0.25, 0.3) is 5.91 Å². The number of amides is 4. The minimum Gasteiger partial charge on any atom is -0.323 e. The smallest absolute Gasteiger partial charge is 0.323 e. The quantitative estimate of drug-likeness (QED) is 0.714. The van der Waals surface area contributed by atoms with Crippen LogP contribution in [0.2, 0.25) is 0 Å². The van der Waals surface area contributed by atoms with Gasteiger partial charge < -0.3 is 10.2 Å². The number of urea groups is 1. The van der Waals surface area contributed by atoms with Crippen LogP contribution in [0.3, 0.4) is 0 Å². The average molecular weight is 371 g/mol. The molecule has 0 saturated carbocycles. The number of anilines is 1. The zero-order valence-electron chi connectivity index (χ0n) is 14.3. The topological polar surface area (TPSA) is 103 Å². The fourth-order valence-electron chi connectivity index (χ4n) is 2.84. The molecule has 0 radical (unpaired) electrons. The van der Waals surface area contributed by atoms with Gasteiger partial charge in [0.05, 0.1) is 17.4 Å². The summed E-state index contributed by atoms with van der Waals surface area (Å²) in [6, 6.07) is 7.50.